The number of aryl methyl sites for hydroxylation is 2. The first kappa shape index (κ1) is 21.6. The van der Waals surface area contributed by atoms with Gasteiger partial charge in [0.2, 0.25) is 0 Å². The second-order valence-electron chi connectivity index (χ2n) is 8.53. The van der Waals surface area contributed by atoms with Crippen molar-refractivity contribution >= 4 is 39.3 Å². The predicted octanol–water partition coefficient (Wildman–Crippen LogP) is 6.43. The third kappa shape index (κ3) is 4.99. The van der Waals surface area contributed by atoms with Gasteiger partial charge in [-0.1, -0.05) is 35.4 Å². The summed E-state index contributed by atoms with van der Waals surface area (Å²) in [5, 5.41) is 8.57. The highest BCUT2D eigenvalue weighted by atomic mass is 16.5. The number of fused-ring (bicyclic) bond motifs is 2. The molecule has 0 aliphatic heterocycles. The molecule has 0 fully saturated rings. The maximum atomic E-state index is 11.6. The van der Waals surface area contributed by atoms with Crippen molar-refractivity contribution in [1.29, 1.82) is 0 Å². The molecule has 0 spiro atoms. The third-order valence-corrected chi connectivity index (χ3v) is 5.34. The van der Waals surface area contributed by atoms with E-state index in [1.54, 1.807) is 0 Å². The van der Waals surface area contributed by atoms with Crippen LogP contribution in [0, 0.1) is 13.8 Å². The van der Waals surface area contributed by atoms with Gasteiger partial charge in [-0.25, -0.2) is 9.78 Å². The first-order valence-corrected chi connectivity index (χ1v) is 11.0. The lowest BCUT2D eigenvalue weighted by atomic mass is 10.0. The monoisotopic (exact) mass is 427 g/mol. The van der Waals surface area contributed by atoms with Crippen LogP contribution in [0.2, 0.25) is 0 Å². The largest absolute Gasteiger partial charge is 0.449 e. The zero-order valence-corrected chi connectivity index (χ0v) is 19.0. The van der Waals surface area contributed by atoms with Gasteiger partial charge in [0.25, 0.3) is 0 Å². The van der Waals surface area contributed by atoms with Crippen LogP contribution in [0.4, 0.5) is 16.2 Å². The van der Waals surface area contributed by atoms with Crippen LogP contribution in [0.3, 0.4) is 0 Å². The Morgan fingerprint density at radius 3 is 2.06 bits per heavy atom. The Morgan fingerprint density at radius 2 is 1.50 bits per heavy atom. The molecule has 0 aliphatic rings. The van der Waals surface area contributed by atoms with Gasteiger partial charge in [-0.3, -0.25) is 0 Å². The summed E-state index contributed by atoms with van der Waals surface area (Å²) in [6.07, 6.45) is 0.297. The Labute approximate surface area is 188 Å². The van der Waals surface area contributed by atoms with Gasteiger partial charge in [0.1, 0.15) is 0 Å². The van der Waals surface area contributed by atoms with E-state index in [0.29, 0.717) is 13.0 Å². The number of nitrogens with zero attached hydrogens (tertiary/aromatic N) is 1. The van der Waals surface area contributed by atoms with E-state index in [1.165, 1.54) is 11.1 Å². The molecule has 2 N–H and O–H groups in total. The lowest BCUT2D eigenvalue weighted by molar-refractivity contribution is 0.145. The maximum Gasteiger partial charge on any atom is 0.407 e. The van der Waals surface area contributed by atoms with E-state index < -0.39 is 0 Å². The van der Waals surface area contributed by atoms with Gasteiger partial charge < -0.3 is 15.4 Å². The van der Waals surface area contributed by atoms with Crippen LogP contribution < -0.4 is 10.6 Å². The number of carbonyl (C=O) groups excluding carboxylic acids is 1. The Balaban J connectivity index is 1.57. The molecule has 0 bridgehead atoms. The van der Waals surface area contributed by atoms with Crippen molar-refractivity contribution in [3.8, 4) is 0 Å². The fourth-order valence-corrected chi connectivity index (χ4v) is 3.74. The van der Waals surface area contributed by atoms with Crippen LogP contribution in [-0.4, -0.2) is 23.7 Å². The number of carbonyl (C=O) groups is 1. The number of pyridine rings is 1. The number of rotatable bonds is 6. The number of hydrogen-bond acceptors (Lipinski definition) is 4. The van der Waals surface area contributed by atoms with Crippen molar-refractivity contribution in [2.75, 3.05) is 11.9 Å². The van der Waals surface area contributed by atoms with Crippen LogP contribution in [-0.2, 0) is 11.2 Å². The van der Waals surface area contributed by atoms with Crippen molar-refractivity contribution in [1.82, 2.24) is 10.3 Å². The highest BCUT2D eigenvalue weighted by molar-refractivity contribution is 6.09. The topological polar surface area (TPSA) is 63.3 Å². The first-order chi connectivity index (χ1) is 15.4. The minimum absolute atomic E-state index is 0.0702. The molecule has 0 atom stereocenters. The average molecular weight is 428 g/mol. The molecule has 5 nitrogen and oxygen atoms in total. The first-order valence-electron chi connectivity index (χ1n) is 11.0. The van der Waals surface area contributed by atoms with Crippen molar-refractivity contribution in [2.45, 2.75) is 40.2 Å². The fourth-order valence-electron chi connectivity index (χ4n) is 3.74. The van der Waals surface area contributed by atoms with Crippen LogP contribution in [0.5, 0.6) is 0 Å². The number of aromatic nitrogens is 1. The molecule has 0 saturated heterocycles. The summed E-state index contributed by atoms with van der Waals surface area (Å²) in [5.41, 5.74) is 7.54. The van der Waals surface area contributed by atoms with Crippen LogP contribution in [0.25, 0.3) is 21.8 Å². The Kier molecular flexibility index (Phi) is 6.26. The molecule has 32 heavy (non-hydrogen) atoms. The van der Waals surface area contributed by atoms with E-state index in [0.717, 1.165) is 38.7 Å². The maximum absolute atomic E-state index is 11.6. The second-order valence-corrected chi connectivity index (χ2v) is 8.53. The molecule has 0 radical (unpaired) electrons. The lowest BCUT2D eigenvalue weighted by Crippen LogP contribution is -2.31. The van der Waals surface area contributed by atoms with E-state index in [1.807, 2.05) is 13.8 Å². The summed E-state index contributed by atoms with van der Waals surface area (Å²) < 4.78 is 5.23. The number of amides is 1. The molecule has 0 aliphatic carbocycles. The van der Waals surface area contributed by atoms with E-state index >= 15 is 0 Å². The number of benzene rings is 3. The minimum atomic E-state index is -0.375. The van der Waals surface area contributed by atoms with Gasteiger partial charge in [-0.2, -0.15) is 0 Å². The van der Waals surface area contributed by atoms with Gasteiger partial charge in [0.15, 0.2) is 0 Å². The van der Waals surface area contributed by atoms with Crippen molar-refractivity contribution in [2.24, 2.45) is 0 Å². The number of nitrogens with one attached hydrogen (secondary N) is 2. The highest BCUT2D eigenvalue weighted by Gasteiger charge is 2.11. The number of ether oxygens (including phenoxy) is 1. The molecule has 1 aromatic heterocycles. The van der Waals surface area contributed by atoms with Gasteiger partial charge in [0.05, 0.1) is 23.3 Å². The normalized spacial score (nSPS) is 11.2. The quantitative estimate of drug-likeness (QED) is 0.348. The van der Waals surface area contributed by atoms with Crippen molar-refractivity contribution < 1.29 is 9.53 Å². The number of anilines is 2. The van der Waals surface area contributed by atoms with Gasteiger partial charge in [-0.05, 0) is 69.7 Å². The van der Waals surface area contributed by atoms with Gasteiger partial charge in [0, 0.05) is 28.9 Å². The van der Waals surface area contributed by atoms with E-state index in [-0.39, 0.29) is 12.1 Å². The van der Waals surface area contributed by atoms with E-state index in [4.69, 9.17) is 9.72 Å². The molecule has 1 amide bonds. The molecule has 0 unspecified atom stereocenters. The zero-order chi connectivity index (χ0) is 22.7. The van der Waals surface area contributed by atoms with E-state index in [2.05, 4.69) is 85.1 Å². The SMILES string of the molecule is Cc1ccc2nc3ccc(C)cc3c(Nc3ccc(CCOC(=O)NC(C)C)cc3)c2c1. The second kappa shape index (κ2) is 9.27. The molecule has 3 aromatic carbocycles. The molecular formula is C27H29N3O2. The molecule has 0 saturated carbocycles. The zero-order valence-electron chi connectivity index (χ0n) is 19.0. The lowest BCUT2D eigenvalue weighted by Gasteiger charge is -2.15. The smallest absolute Gasteiger partial charge is 0.407 e. The van der Waals surface area contributed by atoms with Crippen LogP contribution in [0.15, 0.2) is 60.7 Å². The van der Waals surface area contributed by atoms with E-state index in [9.17, 15) is 4.79 Å². The Hall–Kier alpha value is -3.60. The molecule has 4 rings (SSSR count). The summed E-state index contributed by atoms with van der Waals surface area (Å²) in [6.45, 7) is 8.36. The van der Waals surface area contributed by atoms with Gasteiger partial charge >= 0.3 is 6.09 Å². The number of alkyl carbamates (subject to hydrolysis) is 1. The molecular weight excluding hydrogens is 398 g/mol. The Bertz CT molecular complexity index is 1200. The molecule has 5 heteroatoms. The third-order valence-electron chi connectivity index (χ3n) is 5.34. The molecule has 1 heterocycles. The molecule has 164 valence electrons. The molecule has 4 aromatic rings. The summed E-state index contributed by atoms with van der Waals surface area (Å²) in [5.74, 6) is 0. The Morgan fingerprint density at radius 1 is 0.906 bits per heavy atom. The fraction of sp³-hybridized carbons (Fsp3) is 0.259. The number of hydrogen-bond donors (Lipinski definition) is 2. The summed E-state index contributed by atoms with van der Waals surface area (Å²) in [6, 6.07) is 21.0. The summed E-state index contributed by atoms with van der Waals surface area (Å²) in [7, 11) is 0. The average Bonchev–Trinajstić information content (AvgIpc) is 2.75. The van der Waals surface area contributed by atoms with Crippen molar-refractivity contribution in [3.63, 3.8) is 0 Å². The van der Waals surface area contributed by atoms with Gasteiger partial charge in [-0.15, -0.1) is 0 Å². The van der Waals surface area contributed by atoms with Crippen LogP contribution >= 0.6 is 0 Å². The highest BCUT2D eigenvalue weighted by Crippen LogP contribution is 2.34. The summed E-state index contributed by atoms with van der Waals surface area (Å²) in [4.78, 5) is 16.5. The predicted molar refractivity (Wildman–Crippen MR) is 132 cm³/mol. The van der Waals surface area contributed by atoms with Crippen LogP contribution in [0.1, 0.15) is 30.5 Å². The van der Waals surface area contributed by atoms with Crippen molar-refractivity contribution in [3.05, 3.63) is 77.4 Å². The summed E-state index contributed by atoms with van der Waals surface area (Å²) >= 11 is 0. The standard InChI is InChI=1S/C27H29N3O2/c1-17(2)28-27(31)32-14-13-20-7-9-21(10-8-20)29-26-22-15-18(3)5-11-24(22)30-25-12-6-19(4)16-23(25)26/h5-12,15-17H,13-14H2,1-4H3,(H,28,31)(H,29,30). The minimum Gasteiger partial charge on any atom is -0.449 e.